The summed E-state index contributed by atoms with van der Waals surface area (Å²) in [5, 5.41) is 1.01. The largest absolute Gasteiger partial charge is 0.488 e. The molecule has 0 aliphatic carbocycles. The molecule has 30 heavy (non-hydrogen) atoms. The van der Waals surface area contributed by atoms with Crippen LogP contribution in [0.3, 0.4) is 0 Å². The Morgan fingerprint density at radius 3 is 2.43 bits per heavy atom. The van der Waals surface area contributed by atoms with Crippen molar-refractivity contribution in [2.45, 2.75) is 20.0 Å². The van der Waals surface area contributed by atoms with Crippen LogP contribution in [0, 0.1) is 0 Å². The monoisotopic (exact) mass is 397 g/mol. The third kappa shape index (κ3) is 4.03. The molecule has 4 aromatic rings. The van der Waals surface area contributed by atoms with Gasteiger partial charge in [-0.15, -0.1) is 0 Å². The average Bonchev–Trinajstić information content (AvgIpc) is 2.82. The zero-order valence-corrected chi connectivity index (χ0v) is 17.1. The first-order chi connectivity index (χ1) is 14.7. The van der Waals surface area contributed by atoms with E-state index in [1.165, 1.54) is 7.11 Å². The van der Waals surface area contributed by atoms with Crippen molar-refractivity contribution in [2.24, 2.45) is 0 Å². The molecule has 0 unspecified atom stereocenters. The zero-order chi connectivity index (χ0) is 20.9. The lowest BCUT2D eigenvalue weighted by Crippen LogP contribution is -2.03. The van der Waals surface area contributed by atoms with Gasteiger partial charge in [-0.05, 0) is 41.3 Å². The minimum Gasteiger partial charge on any atom is -0.488 e. The summed E-state index contributed by atoms with van der Waals surface area (Å²) in [5.74, 6) is 0.506. The number of pyridine rings is 1. The Bertz CT molecular complexity index is 1180. The van der Waals surface area contributed by atoms with E-state index in [1.807, 2.05) is 72.8 Å². The third-order valence-electron chi connectivity index (χ3n) is 5.09. The maximum absolute atomic E-state index is 12.0. The number of para-hydroxylation sites is 1. The van der Waals surface area contributed by atoms with E-state index in [2.05, 4.69) is 11.9 Å². The average molecular weight is 397 g/mol. The van der Waals surface area contributed by atoms with Crippen LogP contribution in [-0.4, -0.2) is 18.1 Å². The highest BCUT2D eigenvalue weighted by Gasteiger charge is 2.12. The fourth-order valence-corrected chi connectivity index (χ4v) is 3.46. The van der Waals surface area contributed by atoms with Crippen molar-refractivity contribution in [1.29, 1.82) is 0 Å². The SMILES string of the molecule is CCc1cc(OCc2ccc(-c3ccccc3C(=O)OC)cc2)c2ccccc2n1. The molecule has 0 amide bonds. The number of nitrogens with zero attached hydrogens (tertiary/aromatic N) is 1. The number of carbonyl (C=O) groups is 1. The summed E-state index contributed by atoms with van der Waals surface area (Å²) in [7, 11) is 1.40. The number of aromatic nitrogens is 1. The molecule has 0 N–H and O–H groups in total. The number of hydrogen-bond donors (Lipinski definition) is 0. The fraction of sp³-hybridized carbons (Fsp3) is 0.154. The van der Waals surface area contributed by atoms with Gasteiger partial charge in [-0.1, -0.05) is 61.5 Å². The molecular formula is C26H23NO3. The second-order valence-corrected chi connectivity index (χ2v) is 7.01. The Balaban J connectivity index is 1.56. The molecule has 3 aromatic carbocycles. The van der Waals surface area contributed by atoms with E-state index in [0.29, 0.717) is 12.2 Å². The predicted molar refractivity (Wildman–Crippen MR) is 119 cm³/mol. The lowest BCUT2D eigenvalue weighted by molar-refractivity contribution is 0.0601. The minimum atomic E-state index is -0.339. The first-order valence-corrected chi connectivity index (χ1v) is 9.97. The summed E-state index contributed by atoms with van der Waals surface area (Å²) in [6.07, 6.45) is 0.857. The molecule has 0 fully saturated rings. The minimum absolute atomic E-state index is 0.339. The standard InChI is InChI=1S/C26H23NO3/c1-3-20-16-25(23-10-6-7-11-24(23)27-20)30-17-18-12-14-19(15-13-18)21-8-4-5-9-22(21)26(28)29-2/h4-16H,3,17H2,1-2H3. The van der Waals surface area contributed by atoms with Gasteiger partial charge in [-0.25, -0.2) is 4.79 Å². The summed E-state index contributed by atoms with van der Waals surface area (Å²) < 4.78 is 11.1. The van der Waals surface area contributed by atoms with Gasteiger partial charge >= 0.3 is 5.97 Å². The molecule has 0 saturated carbocycles. The molecular weight excluding hydrogens is 374 g/mol. The maximum Gasteiger partial charge on any atom is 0.338 e. The Labute approximate surface area is 176 Å². The topological polar surface area (TPSA) is 48.4 Å². The predicted octanol–water partition coefficient (Wildman–Crippen LogP) is 5.83. The van der Waals surface area contributed by atoms with Crippen molar-refractivity contribution in [3.05, 3.63) is 95.7 Å². The summed E-state index contributed by atoms with van der Waals surface area (Å²) in [5.41, 5.74) is 5.37. The third-order valence-corrected chi connectivity index (χ3v) is 5.09. The number of aryl methyl sites for hydroxylation is 1. The molecule has 150 valence electrons. The van der Waals surface area contributed by atoms with Crippen molar-refractivity contribution >= 4 is 16.9 Å². The number of rotatable bonds is 6. The number of fused-ring (bicyclic) bond motifs is 1. The van der Waals surface area contributed by atoms with E-state index >= 15 is 0 Å². The van der Waals surface area contributed by atoms with E-state index in [-0.39, 0.29) is 5.97 Å². The Kier molecular flexibility index (Phi) is 5.75. The first kappa shape index (κ1) is 19.6. The molecule has 0 atom stereocenters. The van der Waals surface area contributed by atoms with Gasteiger partial charge in [0, 0.05) is 17.1 Å². The van der Waals surface area contributed by atoms with Crippen LogP contribution in [0.2, 0.25) is 0 Å². The summed E-state index contributed by atoms with van der Waals surface area (Å²) in [6, 6.07) is 25.5. The molecule has 0 aliphatic rings. The van der Waals surface area contributed by atoms with Crippen molar-refractivity contribution in [2.75, 3.05) is 7.11 Å². The lowest BCUT2D eigenvalue weighted by atomic mass is 9.99. The van der Waals surface area contributed by atoms with Crippen molar-refractivity contribution in [3.63, 3.8) is 0 Å². The van der Waals surface area contributed by atoms with Gasteiger partial charge in [0.15, 0.2) is 0 Å². The van der Waals surface area contributed by atoms with Gasteiger partial charge in [0.25, 0.3) is 0 Å². The Morgan fingerprint density at radius 1 is 0.933 bits per heavy atom. The molecule has 4 rings (SSSR count). The highest BCUT2D eigenvalue weighted by molar-refractivity contribution is 5.97. The van der Waals surface area contributed by atoms with E-state index in [9.17, 15) is 4.79 Å². The van der Waals surface area contributed by atoms with E-state index < -0.39 is 0 Å². The van der Waals surface area contributed by atoms with Gasteiger partial charge in [0.05, 0.1) is 18.2 Å². The summed E-state index contributed by atoms with van der Waals surface area (Å²) >= 11 is 0. The van der Waals surface area contributed by atoms with Crippen LogP contribution in [0.4, 0.5) is 0 Å². The number of benzene rings is 3. The van der Waals surface area contributed by atoms with Crippen molar-refractivity contribution in [3.8, 4) is 16.9 Å². The van der Waals surface area contributed by atoms with Gasteiger partial charge < -0.3 is 9.47 Å². The van der Waals surface area contributed by atoms with Crippen molar-refractivity contribution < 1.29 is 14.3 Å². The van der Waals surface area contributed by atoms with Crippen LogP contribution in [0.25, 0.3) is 22.0 Å². The quantitative estimate of drug-likeness (QED) is 0.384. The number of hydrogen-bond acceptors (Lipinski definition) is 4. The first-order valence-electron chi connectivity index (χ1n) is 9.97. The molecule has 1 heterocycles. The van der Waals surface area contributed by atoms with E-state index in [0.717, 1.165) is 45.5 Å². The zero-order valence-electron chi connectivity index (χ0n) is 17.1. The van der Waals surface area contributed by atoms with Crippen LogP contribution in [-0.2, 0) is 17.8 Å². The van der Waals surface area contributed by atoms with Crippen LogP contribution >= 0.6 is 0 Å². The molecule has 0 radical (unpaired) electrons. The molecule has 4 heteroatoms. The molecule has 4 nitrogen and oxygen atoms in total. The summed E-state index contributed by atoms with van der Waals surface area (Å²) in [6.45, 7) is 2.54. The smallest absolute Gasteiger partial charge is 0.338 e. The maximum atomic E-state index is 12.0. The molecule has 0 aliphatic heterocycles. The number of esters is 1. The second kappa shape index (κ2) is 8.78. The second-order valence-electron chi connectivity index (χ2n) is 7.01. The van der Waals surface area contributed by atoms with Crippen LogP contribution in [0.15, 0.2) is 78.9 Å². The summed E-state index contributed by atoms with van der Waals surface area (Å²) in [4.78, 5) is 16.7. The molecule has 1 aromatic heterocycles. The highest BCUT2D eigenvalue weighted by atomic mass is 16.5. The lowest BCUT2D eigenvalue weighted by Gasteiger charge is -2.12. The van der Waals surface area contributed by atoms with Gasteiger partial charge in [0.1, 0.15) is 12.4 Å². The number of ether oxygens (including phenoxy) is 2. The van der Waals surface area contributed by atoms with Gasteiger partial charge in [0.2, 0.25) is 0 Å². The van der Waals surface area contributed by atoms with Crippen LogP contribution in [0.5, 0.6) is 5.75 Å². The fourth-order valence-electron chi connectivity index (χ4n) is 3.46. The normalized spacial score (nSPS) is 10.7. The highest BCUT2D eigenvalue weighted by Crippen LogP contribution is 2.28. The van der Waals surface area contributed by atoms with Gasteiger partial charge in [-0.3, -0.25) is 4.98 Å². The van der Waals surface area contributed by atoms with E-state index in [1.54, 1.807) is 6.07 Å². The molecule has 0 bridgehead atoms. The molecule has 0 spiro atoms. The number of carbonyl (C=O) groups excluding carboxylic acids is 1. The van der Waals surface area contributed by atoms with Crippen molar-refractivity contribution in [1.82, 2.24) is 4.98 Å². The Morgan fingerprint density at radius 2 is 1.67 bits per heavy atom. The number of methoxy groups -OCH3 is 1. The van der Waals surface area contributed by atoms with E-state index in [4.69, 9.17) is 9.47 Å². The van der Waals surface area contributed by atoms with Crippen LogP contribution < -0.4 is 4.74 Å². The Hall–Kier alpha value is -3.66. The van der Waals surface area contributed by atoms with Gasteiger partial charge in [-0.2, -0.15) is 0 Å². The molecule has 0 saturated heterocycles. The van der Waals surface area contributed by atoms with Crippen LogP contribution in [0.1, 0.15) is 28.5 Å².